The lowest BCUT2D eigenvalue weighted by Crippen LogP contribution is -2.58. The summed E-state index contributed by atoms with van der Waals surface area (Å²) in [6, 6.07) is 0. The second-order valence-electron chi connectivity index (χ2n) is 10.1. The van der Waals surface area contributed by atoms with Gasteiger partial charge in [-0.05, 0) is 77.6 Å². The molecule has 2 fully saturated rings. The average Bonchev–Trinajstić information content (AvgIpc) is 3.18. The lowest BCUT2D eigenvalue weighted by molar-refractivity contribution is -0.373. The van der Waals surface area contributed by atoms with Gasteiger partial charge in [-0.3, -0.25) is 4.79 Å². The van der Waals surface area contributed by atoms with Crippen LogP contribution in [0.2, 0.25) is 0 Å². The van der Waals surface area contributed by atoms with E-state index in [1.807, 2.05) is 0 Å². The van der Waals surface area contributed by atoms with Crippen LogP contribution < -0.4 is 0 Å². The molecule has 0 aliphatic heterocycles. The molecule has 0 saturated heterocycles. The Labute approximate surface area is 178 Å². The van der Waals surface area contributed by atoms with Crippen molar-refractivity contribution in [2.24, 2.45) is 29.1 Å². The first kappa shape index (κ1) is 26.2. The average molecular weight is 462 g/mol. The van der Waals surface area contributed by atoms with Crippen molar-refractivity contribution >= 4 is 5.97 Å². The summed E-state index contributed by atoms with van der Waals surface area (Å²) in [5.41, 5.74) is -7.09. The number of carbonyl (C=O) groups excluding carboxylic acids is 1. The number of aliphatic hydroxyl groups excluding tert-OH is 1. The van der Waals surface area contributed by atoms with E-state index >= 15 is 0 Å². The highest BCUT2D eigenvalue weighted by atomic mass is 19.4. The Hall–Kier alpha value is -1.03. The van der Waals surface area contributed by atoms with Crippen molar-refractivity contribution in [3.05, 3.63) is 0 Å². The van der Waals surface area contributed by atoms with Crippen LogP contribution in [0.5, 0.6) is 0 Å². The Bertz CT molecular complexity index is 658. The normalized spacial score (nSPS) is 30.2. The second kappa shape index (κ2) is 8.08. The van der Waals surface area contributed by atoms with Gasteiger partial charge < -0.3 is 14.9 Å². The summed E-state index contributed by atoms with van der Waals surface area (Å²) >= 11 is 0. The van der Waals surface area contributed by atoms with E-state index in [0.717, 1.165) is 0 Å². The predicted molar refractivity (Wildman–Crippen MR) is 99.7 cm³/mol. The zero-order valence-corrected chi connectivity index (χ0v) is 18.4. The molecular formula is C21H32F6O4. The summed E-state index contributed by atoms with van der Waals surface area (Å²) < 4.78 is 84.8. The second-order valence-corrected chi connectivity index (χ2v) is 10.1. The number of ether oxygens (including phenoxy) is 1. The van der Waals surface area contributed by atoms with Crippen LogP contribution in [0.4, 0.5) is 26.3 Å². The minimum atomic E-state index is -5.84. The first-order chi connectivity index (χ1) is 13.8. The van der Waals surface area contributed by atoms with Crippen LogP contribution in [0.1, 0.15) is 66.7 Å². The highest BCUT2D eigenvalue weighted by molar-refractivity contribution is 5.77. The van der Waals surface area contributed by atoms with Crippen molar-refractivity contribution in [1.82, 2.24) is 0 Å². The smallest absolute Gasteiger partial charge is 0.426 e. The molecule has 182 valence electrons. The van der Waals surface area contributed by atoms with Crippen LogP contribution in [0.3, 0.4) is 0 Å². The zero-order chi connectivity index (χ0) is 24.2. The van der Waals surface area contributed by atoms with Crippen molar-refractivity contribution in [2.45, 2.75) is 96.4 Å². The Kier molecular flexibility index (Phi) is 6.83. The molecule has 0 spiro atoms. The molecule has 6 unspecified atom stereocenters. The molecule has 2 aliphatic carbocycles. The van der Waals surface area contributed by atoms with Crippen LogP contribution >= 0.6 is 0 Å². The zero-order valence-electron chi connectivity index (χ0n) is 18.4. The summed E-state index contributed by atoms with van der Waals surface area (Å²) in [5.74, 6) is -2.72. The Morgan fingerprint density at radius 1 is 1.03 bits per heavy atom. The van der Waals surface area contributed by atoms with Gasteiger partial charge in [0.05, 0.1) is 11.5 Å². The van der Waals surface area contributed by atoms with Gasteiger partial charge in [0, 0.05) is 5.92 Å². The molecule has 2 aliphatic rings. The van der Waals surface area contributed by atoms with E-state index in [-0.39, 0.29) is 12.3 Å². The van der Waals surface area contributed by atoms with E-state index in [2.05, 4.69) is 0 Å². The largest absolute Gasteiger partial charge is 0.459 e. The van der Waals surface area contributed by atoms with Gasteiger partial charge in [-0.2, -0.15) is 26.3 Å². The maximum absolute atomic E-state index is 13.2. The quantitative estimate of drug-likeness (QED) is 0.412. The Morgan fingerprint density at radius 3 is 1.94 bits per heavy atom. The van der Waals surface area contributed by atoms with Crippen molar-refractivity contribution in [2.75, 3.05) is 0 Å². The molecular weight excluding hydrogens is 430 g/mol. The fraction of sp³-hybridized carbons (Fsp3) is 0.952. The van der Waals surface area contributed by atoms with Gasteiger partial charge in [0.15, 0.2) is 0 Å². The number of carbonyl (C=O) groups is 1. The van der Waals surface area contributed by atoms with Crippen LogP contribution in [0, 0.1) is 29.1 Å². The van der Waals surface area contributed by atoms with E-state index in [4.69, 9.17) is 4.74 Å². The summed E-state index contributed by atoms with van der Waals surface area (Å²) in [6.07, 6.45) is -12.7. The lowest BCUT2D eigenvalue weighted by Gasteiger charge is -2.44. The number of esters is 1. The van der Waals surface area contributed by atoms with E-state index in [0.29, 0.717) is 19.3 Å². The van der Waals surface area contributed by atoms with E-state index in [9.17, 15) is 41.4 Å². The molecule has 2 saturated carbocycles. The van der Waals surface area contributed by atoms with Gasteiger partial charge in [-0.15, -0.1) is 0 Å². The number of halogens is 6. The van der Waals surface area contributed by atoms with E-state index < -0.39 is 65.2 Å². The molecule has 2 bridgehead atoms. The number of aliphatic hydroxyl groups is 2. The molecule has 10 heteroatoms. The number of hydrogen-bond acceptors (Lipinski definition) is 4. The number of rotatable bonds is 7. The predicted octanol–water partition coefficient (Wildman–Crippen LogP) is 5.01. The molecule has 0 amide bonds. The summed E-state index contributed by atoms with van der Waals surface area (Å²) in [6.45, 7) is 7.92. The molecule has 0 heterocycles. The van der Waals surface area contributed by atoms with Crippen molar-refractivity contribution in [3.8, 4) is 0 Å². The van der Waals surface area contributed by atoms with Crippen LogP contribution in [-0.4, -0.2) is 45.8 Å². The third-order valence-corrected chi connectivity index (χ3v) is 7.82. The topological polar surface area (TPSA) is 66.8 Å². The molecule has 2 N–H and O–H groups in total. The van der Waals surface area contributed by atoms with Gasteiger partial charge in [0.25, 0.3) is 5.60 Å². The molecule has 0 aromatic heterocycles. The first-order valence-electron chi connectivity index (χ1n) is 10.6. The molecule has 0 aromatic carbocycles. The Balaban J connectivity index is 2.23. The monoisotopic (exact) mass is 462 g/mol. The molecule has 0 radical (unpaired) electrons. The molecule has 31 heavy (non-hydrogen) atoms. The maximum Gasteiger partial charge on any atom is 0.426 e. The van der Waals surface area contributed by atoms with Crippen molar-refractivity contribution < 1.29 is 46.1 Å². The fourth-order valence-electron chi connectivity index (χ4n) is 5.34. The molecule has 0 aromatic rings. The SMILES string of the molecule is CCC(C)(C(=O)OC(C)(C)C1CC2CC(CC(O)(C(F)(F)F)C(F)(F)F)C1C2)C(C)O. The van der Waals surface area contributed by atoms with Gasteiger partial charge in [0.1, 0.15) is 5.60 Å². The van der Waals surface area contributed by atoms with Gasteiger partial charge in [-0.1, -0.05) is 6.92 Å². The summed E-state index contributed by atoms with van der Waals surface area (Å²) in [5, 5.41) is 19.6. The molecule has 4 nitrogen and oxygen atoms in total. The van der Waals surface area contributed by atoms with E-state index in [1.54, 1.807) is 27.7 Å². The summed E-state index contributed by atoms with van der Waals surface area (Å²) in [7, 11) is 0. The molecule has 6 atom stereocenters. The standard InChI is InChI=1S/C21H32F6O4/c1-6-18(5,11(2)28)16(29)31-17(3,4)15-9-12-7-13(14(15)8-12)10-19(30,20(22,23)24)21(25,26)27/h11-15,28,30H,6-10H2,1-5H3. The van der Waals surface area contributed by atoms with Gasteiger partial charge >= 0.3 is 18.3 Å². The van der Waals surface area contributed by atoms with Gasteiger partial charge in [0.2, 0.25) is 0 Å². The highest BCUT2D eigenvalue weighted by Gasteiger charge is 2.71. The van der Waals surface area contributed by atoms with Crippen LogP contribution in [0.25, 0.3) is 0 Å². The van der Waals surface area contributed by atoms with Crippen molar-refractivity contribution in [1.29, 1.82) is 0 Å². The minimum absolute atomic E-state index is 0.0852. The number of fused-ring (bicyclic) bond motifs is 2. The first-order valence-corrected chi connectivity index (χ1v) is 10.6. The maximum atomic E-state index is 13.2. The highest BCUT2D eigenvalue weighted by Crippen LogP contribution is 2.60. The van der Waals surface area contributed by atoms with E-state index in [1.165, 1.54) is 6.92 Å². The third kappa shape index (κ3) is 4.56. The van der Waals surface area contributed by atoms with Crippen LogP contribution in [0.15, 0.2) is 0 Å². The lowest BCUT2D eigenvalue weighted by atomic mass is 9.69. The fourth-order valence-corrected chi connectivity index (χ4v) is 5.34. The number of hydrogen-bond donors (Lipinski definition) is 2. The number of alkyl halides is 6. The molecule has 2 rings (SSSR count). The minimum Gasteiger partial charge on any atom is -0.459 e. The van der Waals surface area contributed by atoms with Crippen LogP contribution in [-0.2, 0) is 9.53 Å². The van der Waals surface area contributed by atoms with Crippen molar-refractivity contribution in [3.63, 3.8) is 0 Å². The third-order valence-electron chi connectivity index (χ3n) is 7.82. The summed E-state index contributed by atoms with van der Waals surface area (Å²) in [4.78, 5) is 12.8. The Morgan fingerprint density at radius 2 is 1.55 bits per heavy atom. The van der Waals surface area contributed by atoms with Gasteiger partial charge in [-0.25, -0.2) is 0 Å².